The second-order valence-electron chi connectivity index (χ2n) is 10.4. The van der Waals surface area contributed by atoms with Gasteiger partial charge in [-0.3, -0.25) is 4.90 Å². The molecule has 36 heavy (non-hydrogen) atoms. The fraction of sp³-hybridized carbons (Fsp3) is 0.552. The summed E-state index contributed by atoms with van der Waals surface area (Å²) in [6.07, 6.45) is 8.50. The van der Waals surface area contributed by atoms with Gasteiger partial charge in [-0.05, 0) is 76.9 Å². The molecule has 0 radical (unpaired) electrons. The maximum atomic E-state index is 13.9. The van der Waals surface area contributed by atoms with Crippen molar-refractivity contribution in [2.24, 2.45) is 10.9 Å². The van der Waals surface area contributed by atoms with Gasteiger partial charge in [0.15, 0.2) is 0 Å². The molecule has 1 aliphatic carbocycles. The predicted molar refractivity (Wildman–Crippen MR) is 145 cm³/mol. The van der Waals surface area contributed by atoms with Crippen LogP contribution in [0.4, 0.5) is 4.79 Å². The van der Waals surface area contributed by atoms with Gasteiger partial charge in [0.05, 0.1) is 24.1 Å². The smallest absolute Gasteiger partial charge is 0.324 e. The Hall–Kier alpha value is -2.95. The molecule has 1 aromatic carbocycles. The summed E-state index contributed by atoms with van der Waals surface area (Å²) in [4.78, 5) is 23.9. The number of aliphatic hydroxyl groups is 1. The van der Waals surface area contributed by atoms with Crippen molar-refractivity contribution in [3.63, 3.8) is 0 Å². The third-order valence-electron chi connectivity index (χ3n) is 7.42. The highest BCUT2D eigenvalue weighted by atomic mass is 16.3. The van der Waals surface area contributed by atoms with E-state index in [1.54, 1.807) is 11.1 Å². The summed E-state index contributed by atoms with van der Waals surface area (Å²) < 4.78 is 0. The highest BCUT2D eigenvalue weighted by Gasteiger charge is 2.39. The normalized spacial score (nSPS) is 23.4. The number of nitriles is 1. The molecular formula is C29H41N5O2. The van der Waals surface area contributed by atoms with Gasteiger partial charge in [0, 0.05) is 19.6 Å². The number of allylic oxidation sites excluding steroid dienone is 3. The first kappa shape index (κ1) is 27.6. The minimum atomic E-state index is -0.805. The molecule has 0 bridgehead atoms. The molecule has 2 aliphatic rings. The summed E-state index contributed by atoms with van der Waals surface area (Å²) in [5.74, 6) is 0.764. The zero-order valence-corrected chi connectivity index (χ0v) is 22.1. The van der Waals surface area contributed by atoms with E-state index in [4.69, 9.17) is 5.26 Å². The minimum absolute atomic E-state index is 0.0965. The van der Waals surface area contributed by atoms with Gasteiger partial charge in [0.2, 0.25) is 0 Å². The largest absolute Gasteiger partial charge is 0.388 e. The Morgan fingerprint density at radius 3 is 2.56 bits per heavy atom. The lowest BCUT2D eigenvalue weighted by molar-refractivity contribution is -0.0536. The maximum Gasteiger partial charge on any atom is 0.324 e. The van der Waals surface area contributed by atoms with Crippen LogP contribution in [-0.2, 0) is 0 Å². The van der Waals surface area contributed by atoms with Crippen LogP contribution < -0.4 is 0 Å². The SMILES string of the molecule is C=C(C#N)/N=C\C(=C/C)N1CCC[C@H](c2ccccc2)C(CN(C)C)CCN(CC2(O)CCC2)C1=O. The summed E-state index contributed by atoms with van der Waals surface area (Å²) in [7, 11) is 4.21. The molecule has 1 aliphatic heterocycles. The Kier molecular flexibility index (Phi) is 9.86. The number of urea groups is 1. The maximum absolute atomic E-state index is 13.9. The Morgan fingerprint density at radius 2 is 1.97 bits per heavy atom. The van der Waals surface area contributed by atoms with E-state index in [1.807, 2.05) is 24.0 Å². The van der Waals surface area contributed by atoms with E-state index in [1.165, 1.54) is 5.56 Å². The number of carbonyl (C=O) groups is 1. The number of hydrogen-bond acceptors (Lipinski definition) is 5. The van der Waals surface area contributed by atoms with Crippen LogP contribution in [0.3, 0.4) is 0 Å². The third-order valence-corrected chi connectivity index (χ3v) is 7.42. The molecule has 7 nitrogen and oxygen atoms in total. The van der Waals surface area contributed by atoms with Crippen molar-refractivity contribution < 1.29 is 9.90 Å². The Morgan fingerprint density at radius 1 is 1.25 bits per heavy atom. The second kappa shape index (κ2) is 12.8. The summed E-state index contributed by atoms with van der Waals surface area (Å²) in [6.45, 7) is 7.89. The number of benzene rings is 1. The van der Waals surface area contributed by atoms with Gasteiger partial charge in [-0.25, -0.2) is 9.79 Å². The highest BCUT2D eigenvalue weighted by Crippen LogP contribution is 2.36. The van der Waals surface area contributed by atoms with E-state index >= 15 is 0 Å². The zero-order chi connectivity index (χ0) is 26.1. The lowest BCUT2D eigenvalue weighted by atomic mass is 9.78. The molecule has 1 heterocycles. The lowest BCUT2D eigenvalue weighted by Crippen LogP contribution is -2.54. The van der Waals surface area contributed by atoms with Crippen molar-refractivity contribution >= 4 is 12.2 Å². The average molecular weight is 492 g/mol. The second-order valence-corrected chi connectivity index (χ2v) is 10.4. The van der Waals surface area contributed by atoms with E-state index in [0.29, 0.717) is 37.2 Å². The number of aliphatic imine (C=N–C) groups is 1. The van der Waals surface area contributed by atoms with Crippen molar-refractivity contribution in [1.82, 2.24) is 14.7 Å². The molecule has 7 heteroatoms. The fourth-order valence-corrected chi connectivity index (χ4v) is 5.37. The summed E-state index contributed by atoms with van der Waals surface area (Å²) >= 11 is 0. The van der Waals surface area contributed by atoms with Crippen molar-refractivity contribution in [3.05, 3.63) is 59.9 Å². The van der Waals surface area contributed by atoms with Crippen LogP contribution in [0.5, 0.6) is 0 Å². The van der Waals surface area contributed by atoms with Crippen LogP contribution in [-0.4, -0.2) is 77.9 Å². The number of amides is 2. The van der Waals surface area contributed by atoms with Gasteiger partial charge in [-0.2, -0.15) is 5.26 Å². The molecule has 1 unspecified atom stereocenters. The fourth-order valence-electron chi connectivity index (χ4n) is 5.37. The van der Waals surface area contributed by atoms with Crippen molar-refractivity contribution in [2.45, 2.75) is 57.0 Å². The van der Waals surface area contributed by atoms with E-state index in [9.17, 15) is 9.90 Å². The van der Waals surface area contributed by atoms with Crippen LogP contribution in [0.25, 0.3) is 0 Å². The third kappa shape index (κ3) is 7.28. The number of hydrogen-bond donors (Lipinski definition) is 1. The lowest BCUT2D eigenvalue weighted by Gasteiger charge is -2.43. The Bertz CT molecular complexity index is 991. The molecule has 2 amide bonds. The van der Waals surface area contributed by atoms with Gasteiger partial charge in [0.1, 0.15) is 11.8 Å². The van der Waals surface area contributed by atoms with Crippen molar-refractivity contribution in [1.29, 1.82) is 5.26 Å². The molecule has 1 N–H and O–H groups in total. The van der Waals surface area contributed by atoms with Gasteiger partial charge >= 0.3 is 6.03 Å². The molecule has 194 valence electrons. The van der Waals surface area contributed by atoms with Crippen molar-refractivity contribution in [2.75, 3.05) is 40.3 Å². The van der Waals surface area contributed by atoms with E-state index in [0.717, 1.165) is 45.1 Å². The number of rotatable bonds is 8. The highest BCUT2D eigenvalue weighted by molar-refractivity contribution is 5.88. The number of β-amino-alcohol motifs (C(OH)–C–C–N with tert-alkyl or cyclic N) is 1. The van der Waals surface area contributed by atoms with Crippen LogP contribution in [0.15, 0.2) is 59.4 Å². The average Bonchev–Trinajstić information content (AvgIpc) is 2.85. The molecule has 2 atom stereocenters. The number of carbonyl (C=O) groups excluding carboxylic acids is 1. The molecule has 1 aromatic rings. The zero-order valence-electron chi connectivity index (χ0n) is 22.1. The van der Waals surface area contributed by atoms with E-state index in [-0.39, 0.29) is 11.7 Å². The van der Waals surface area contributed by atoms with Gasteiger partial charge < -0.3 is 14.9 Å². The summed E-state index contributed by atoms with van der Waals surface area (Å²) in [5, 5.41) is 20.0. The van der Waals surface area contributed by atoms with Gasteiger partial charge in [0.25, 0.3) is 0 Å². The summed E-state index contributed by atoms with van der Waals surface area (Å²) in [5.41, 5.74) is 1.27. The first-order valence-electron chi connectivity index (χ1n) is 13.0. The standard InChI is InChI=1S/C29H41N5O2/c1-5-26(20-31-23(2)19-30)34-17-9-13-27(24-11-7-6-8-12-24)25(21-32(3)4)14-18-33(28(34)35)22-29(36)15-10-16-29/h5-8,11-12,20,25,27,36H,2,9-10,13-18,21-22H2,1,3-4H3/b26-5+,31-20-/t25?,27-/m1/s1. The first-order chi connectivity index (χ1) is 17.3. The monoisotopic (exact) mass is 491 g/mol. The molecule has 3 rings (SSSR count). The molecular weight excluding hydrogens is 450 g/mol. The number of nitrogens with zero attached hydrogens (tertiary/aromatic N) is 5. The molecule has 0 spiro atoms. The van der Waals surface area contributed by atoms with E-state index in [2.05, 4.69) is 60.9 Å². The van der Waals surface area contributed by atoms with E-state index < -0.39 is 5.60 Å². The van der Waals surface area contributed by atoms with Crippen molar-refractivity contribution in [3.8, 4) is 6.07 Å². The van der Waals surface area contributed by atoms with Crippen LogP contribution in [0, 0.1) is 17.2 Å². The Balaban J connectivity index is 1.94. The molecule has 1 saturated carbocycles. The topological polar surface area (TPSA) is 83.2 Å². The summed E-state index contributed by atoms with van der Waals surface area (Å²) in [6, 6.07) is 12.5. The van der Waals surface area contributed by atoms with Gasteiger partial charge in [-0.15, -0.1) is 0 Å². The minimum Gasteiger partial charge on any atom is -0.388 e. The van der Waals surface area contributed by atoms with Crippen LogP contribution >= 0.6 is 0 Å². The molecule has 0 aromatic heterocycles. The van der Waals surface area contributed by atoms with Crippen LogP contribution in [0.1, 0.15) is 56.9 Å². The molecule has 1 saturated heterocycles. The quantitative estimate of drug-likeness (QED) is 0.419. The Labute approximate surface area is 216 Å². The first-order valence-corrected chi connectivity index (χ1v) is 13.0. The molecule has 2 fully saturated rings. The predicted octanol–water partition coefficient (Wildman–Crippen LogP) is 4.78. The van der Waals surface area contributed by atoms with Gasteiger partial charge in [-0.1, -0.05) is 43.0 Å². The van der Waals surface area contributed by atoms with Crippen LogP contribution in [0.2, 0.25) is 0 Å².